The van der Waals surface area contributed by atoms with Crippen LogP contribution in [0.1, 0.15) is 0 Å². The van der Waals surface area contributed by atoms with E-state index in [1.54, 1.807) is 7.05 Å². The summed E-state index contributed by atoms with van der Waals surface area (Å²) in [4.78, 5) is 4.14. The van der Waals surface area contributed by atoms with Crippen molar-refractivity contribution >= 4 is 16.9 Å². The van der Waals surface area contributed by atoms with Gasteiger partial charge in [0.1, 0.15) is 42.6 Å². The molecule has 17 heavy (non-hydrogen) atoms. The largest absolute Gasteiger partial charge is 0.388 e. The van der Waals surface area contributed by atoms with Crippen LogP contribution < -0.4 is 5.32 Å². The number of fused-ring (bicyclic) bond motifs is 1. The lowest BCUT2D eigenvalue weighted by atomic mass is 9.95. The molecule has 0 aromatic carbocycles. The molecule has 0 aliphatic carbocycles. The van der Waals surface area contributed by atoms with Crippen molar-refractivity contribution in [1.29, 1.82) is 0 Å². The van der Waals surface area contributed by atoms with E-state index < -0.39 is 42.6 Å². The topological polar surface area (TPSA) is 94.3 Å². The van der Waals surface area contributed by atoms with E-state index in [9.17, 15) is 19.7 Å². The molecular weight excluding hydrogens is 251 g/mol. The maximum Gasteiger partial charge on any atom is 0.159 e. The lowest BCUT2D eigenvalue weighted by Crippen LogP contribution is -2.58. The summed E-state index contributed by atoms with van der Waals surface area (Å²) in [5.41, 5.74) is -0.512. The van der Waals surface area contributed by atoms with Gasteiger partial charge in [0.25, 0.3) is 0 Å². The number of aliphatic imine (C=N–C) groups is 1. The number of alkyl halides is 1. The van der Waals surface area contributed by atoms with E-state index in [1.807, 2.05) is 0 Å². The molecule has 6 nitrogen and oxygen atoms in total. The molecule has 8 heteroatoms. The number of halogens is 1. The first-order chi connectivity index (χ1) is 8.08. The Balaban J connectivity index is 2.12. The summed E-state index contributed by atoms with van der Waals surface area (Å²) < 4.78 is 17.8. The Labute approximate surface area is 102 Å². The Bertz CT molecular complexity index is 319. The molecule has 1 fully saturated rings. The molecule has 1 saturated heterocycles. The van der Waals surface area contributed by atoms with Gasteiger partial charge in [-0.25, -0.2) is 4.39 Å². The van der Waals surface area contributed by atoms with Crippen LogP contribution in [0, 0.1) is 0 Å². The van der Waals surface area contributed by atoms with E-state index in [1.165, 1.54) is 11.8 Å². The van der Waals surface area contributed by atoms with Gasteiger partial charge in [0.2, 0.25) is 0 Å². The number of rotatable bonds is 2. The minimum atomic E-state index is -1.44. The number of aliphatic hydroxyl groups excluding tert-OH is 3. The van der Waals surface area contributed by atoms with E-state index in [0.29, 0.717) is 5.17 Å². The van der Waals surface area contributed by atoms with E-state index in [-0.39, 0.29) is 0 Å². The van der Waals surface area contributed by atoms with E-state index in [4.69, 9.17) is 4.74 Å². The first-order valence-electron chi connectivity index (χ1n) is 5.26. The molecule has 2 aliphatic rings. The van der Waals surface area contributed by atoms with Crippen LogP contribution in [0.5, 0.6) is 0 Å². The first kappa shape index (κ1) is 13.0. The fourth-order valence-corrected chi connectivity index (χ4v) is 2.98. The zero-order valence-corrected chi connectivity index (χ0v) is 9.97. The summed E-state index contributed by atoms with van der Waals surface area (Å²) >= 11 is 1.24. The first-order valence-corrected chi connectivity index (χ1v) is 6.14. The van der Waals surface area contributed by atoms with Crippen LogP contribution in [0.15, 0.2) is 4.99 Å². The highest BCUT2D eigenvalue weighted by Crippen LogP contribution is 2.36. The van der Waals surface area contributed by atoms with Crippen LogP contribution in [0.2, 0.25) is 0 Å². The highest BCUT2D eigenvalue weighted by Gasteiger charge is 2.50. The Hall–Kier alpha value is -0.410. The van der Waals surface area contributed by atoms with Gasteiger partial charge in [-0.15, -0.1) is 0 Å². The van der Waals surface area contributed by atoms with Crippen LogP contribution in [-0.2, 0) is 4.74 Å². The van der Waals surface area contributed by atoms with Gasteiger partial charge in [0.15, 0.2) is 5.17 Å². The zero-order chi connectivity index (χ0) is 12.6. The van der Waals surface area contributed by atoms with Crippen molar-refractivity contribution in [2.75, 3.05) is 13.7 Å². The van der Waals surface area contributed by atoms with E-state index in [0.717, 1.165) is 0 Å². The van der Waals surface area contributed by atoms with Gasteiger partial charge >= 0.3 is 0 Å². The van der Waals surface area contributed by atoms with Crippen LogP contribution >= 0.6 is 11.8 Å². The monoisotopic (exact) mass is 266 g/mol. The molecule has 0 aromatic rings. The van der Waals surface area contributed by atoms with Crippen molar-refractivity contribution in [3.8, 4) is 0 Å². The average molecular weight is 266 g/mol. The summed E-state index contributed by atoms with van der Waals surface area (Å²) in [6, 6.07) is -0.597. The maximum atomic E-state index is 12.4. The SMILES string of the molecule is CNC1=N[C@@H]2[C@@H](O)[C@H](O)[C@@H]([C@@H](O)CF)O[C@@H]2S1. The molecule has 0 aromatic heterocycles. The molecule has 2 heterocycles. The summed E-state index contributed by atoms with van der Waals surface area (Å²) in [7, 11) is 1.68. The van der Waals surface area contributed by atoms with Crippen LogP contribution in [0.25, 0.3) is 0 Å². The van der Waals surface area contributed by atoms with Crippen molar-refractivity contribution in [2.45, 2.75) is 35.9 Å². The number of hydrogen-bond acceptors (Lipinski definition) is 7. The van der Waals surface area contributed by atoms with Gasteiger partial charge in [-0.2, -0.15) is 0 Å². The molecule has 0 unspecified atom stereocenters. The van der Waals surface area contributed by atoms with Crippen LogP contribution in [-0.4, -0.2) is 70.1 Å². The van der Waals surface area contributed by atoms with Gasteiger partial charge in [-0.05, 0) is 0 Å². The molecule has 0 saturated carbocycles. The van der Waals surface area contributed by atoms with Crippen molar-refractivity contribution in [3.05, 3.63) is 0 Å². The Kier molecular flexibility index (Phi) is 3.88. The molecule has 0 amide bonds. The zero-order valence-electron chi connectivity index (χ0n) is 9.15. The average Bonchev–Trinajstić information content (AvgIpc) is 2.76. The lowest BCUT2D eigenvalue weighted by molar-refractivity contribution is -0.186. The second-order valence-electron chi connectivity index (χ2n) is 3.96. The Morgan fingerprint density at radius 2 is 2.24 bits per heavy atom. The van der Waals surface area contributed by atoms with Crippen molar-refractivity contribution in [1.82, 2.24) is 5.32 Å². The third-order valence-electron chi connectivity index (χ3n) is 2.85. The van der Waals surface area contributed by atoms with Crippen LogP contribution in [0.3, 0.4) is 0 Å². The van der Waals surface area contributed by atoms with Gasteiger partial charge in [-0.1, -0.05) is 11.8 Å². The molecule has 0 radical (unpaired) electrons. The fourth-order valence-electron chi connectivity index (χ4n) is 1.91. The summed E-state index contributed by atoms with van der Waals surface area (Å²) in [5, 5.41) is 32.4. The molecule has 4 N–H and O–H groups in total. The number of hydrogen-bond donors (Lipinski definition) is 4. The highest BCUT2D eigenvalue weighted by atomic mass is 32.2. The summed E-state index contributed by atoms with van der Waals surface area (Å²) in [6.45, 7) is -1.03. The molecule has 0 spiro atoms. The quantitative estimate of drug-likeness (QED) is 0.484. The Morgan fingerprint density at radius 3 is 2.82 bits per heavy atom. The number of ether oxygens (including phenoxy) is 1. The van der Waals surface area contributed by atoms with Crippen molar-refractivity contribution < 1.29 is 24.4 Å². The van der Waals surface area contributed by atoms with Gasteiger partial charge in [0.05, 0.1) is 0 Å². The summed E-state index contributed by atoms with van der Waals surface area (Å²) in [5.74, 6) is 0. The van der Waals surface area contributed by atoms with Gasteiger partial charge in [-0.3, -0.25) is 4.99 Å². The predicted molar refractivity (Wildman–Crippen MR) is 60.5 cm³/mol. The van der Waals surface area contributed by atoms with Crippen molar-refractivity contribution in [3.63, 3.8) is 0 Å². The molecule has 2 aliphatic heterocycles. The summed E-state index contributed by atoms with van der Waals surface area (Å²) in [6.07, 6.45) is -5.09. The minimum absolute atomic E-state index is 0.512. The number of aliphatic hydroxyl groups is 3. The molecule has 0 bridgehead atoms. The third kappa shape index (κ3) is 2.27. The lowest BCUT2D eigenvalue weighted by Gasteiger charge is -2.39. The Morgan fingerprint density at radius 1 is 1.53 bits per heavy atom. The predicted octanol–water partition coefficient (Wildman–Crippen LogP) is -1.55. The maximum absolute atomic E-state index is 12.4. The normalized spacial score (nSPS) is 42.9. The van der Waals surface area contributed by atoms with E-state index in [2.05, 4.69) is 10.3 Å². The smallest absolute Gasteiger partial charge is 0.159 e. The van der Waals surface area contributed by atoms with Gasteiger partial charge < -0.3 is 25.4 Å². The van der Waals surface area contributed by atoms with Crippen molar-refractivity contribution in [2.24, 2.45) is 4.99 Å². The minimum Gasteiger partial charge on any atom is -0.388 e. The second kappa shape index (κ2) is 5.07. The number of nitrogens with one attached hydrogen (secondary N) is 1. The number of amidine groups is 1. The number of thioether (sulfide) groups is 1. The third-order valence-corrected chi connectivity index (χ3v) is 4.01. The highest BCUT2D eigenvalue weighted by molar-refractivity contribution is 8.14. The molecular formula is C9H15FN2O4S. The molecule has 6 atom stereocenters. The van der Waals surface area contributed by atoms with Gasteiger partial charge in [0, 0.05) is 7.05 Å². The van der Waals surface area contributed by atoms with E-state index >= 15 is 0 Å². The molecule has 2 rings (SSSR count). The molecule has 98 valence electrons. The number of nitrogens with zero attached hydrogens (tertiary/aromatic N) is 1. The second-order valence-corrected chi connectivity index (χ2v) is 5.05. The fraction of sp³-hybridized carbons (Fsp3) is 0.889. The van der Waals surface area contributed by atoms with Crippen LogP contribution in [0.4, 0.5) is 4.39 Å². The standard InChI is InChI=1S/C9H15FN2O4S/c1-11-9-12-4-5(14)6(15)7(3(13)2-10)16-8(4)17-9/h3-8,13-15H,2H2,1H3,(H,11,12)/t3-,4+,5+,6-,7+,8+/m0/s1.